The predicted molar refractivity (Wildman–Crippen MR) is 62.4 cm³/mol. The number of anilines is 1. The molecule has 90 valence electrons. The first kappa shape index (κ1) is 10.4. The van der Waals surface area contributed by atoms with Crippen LogP contribution in [0.4, 0.5) is 5.82 Å². The van der Waals surface area contributed by atoms with E-state index in [2.05, 4.69) is 25.8 Å². The fraction of sp³-hybridized carbons (Fsp3) is 0.600. The summed E-state index contributed by atoms with van der Waals surface area (Å²) in [5.41, 5.74) is 6.54. The van der Waals surface area contributed by atoms with E-state index < -0.39 is 0 Å². The lowest BCUT2D eigenvalue weighted by molar-refractivity contribution is 0.410. The van der Waals surface area contributed by atoms with Crippen LogP contribution in [0.25, 0.3) is 5.65 Å². The van der Waals surface area contributed by atoms with Crippen molar-refractivity contribution in [2.24, 2.45) is 5.73 Å². The van der Waals surface area contributed by atoms with Crippen LogP contribution in [0.3, 0.4) is 0 Å². The molecule has 1 fully saturated rings. The van der Waals surface area contributed by atoms with Gasteiger partial charge in [0, 0.05) is 12.1 Å². The Balaban J connectivity index is 1.78. The summed E-state index contributed by atoms with van der Waals surface area (Å²) in [6.07, 6.45) is 7.69. The van der Waals surface area contributed by atoms with Crippen molar-refractivity contribution < 1.29 is 0 Å². The van der Waals surface area contributed by atoms with Crippen LogP contribution in [-0.2, 0) is 0 Å². The number of nitrogens with zero attached hydrogens (tertiary/aromatic N) is 5. The van der Waals surface area contributed by atoms with E-state index >= 15 is 0 Å². The van der Waals surface area contributed by atoms with Crippen molar-refractivity contribution in [3.63, 3.8) is 0 Å². The van der Waals surface area contributed by atoms with Crippen molar-refractivity contribution in [1.29, 1.82) is 0 Å². The molecule has 0 radical (unpaired) electrons. The largest absolute Gasteiger partial charge is 0.366 e. The Morgan fingerprint density at radius 2 is 2.06 bits per heavy atom. The lowest BCUT2D eigenvalue weighted by Gasteiger charge is -2.27. The molecule has 0 saturated heterocycles. The number of hydrogen-bond acceptors (Lipinski definition) is 6. The summed E-state index contributed by atoms with van der Waals surface area (Å²) in [6.45, 7) is 0. The molecule has 3 rings (SSSR count). The van der Waals surface area contributed by atoms with Crippen molar-refractivity contribution in [3.8, 4) is 0 Å². The highest BCUT2D eigenvalue weighted by atomic mass is 15.5. The molecular formula is C10H15N7. The Morgan fingerprint density at radius 1 is 1.24 bits per heavy atom. The van der Waals surface area contributed by atoms with Crippen LogP contribution in [0.5, 0.6) is 0 Å². The first-order valence-electron chi connectivity index (χ1n) is 5.87. The van der Waals surface area contributed by atoms with Crippen LogP contribution in [0.1, 0.15) is 25.7 Å². The van der Waals surface area contributed by atoms with E-state index in [-0.39, 0.29) is 0 Å². The van der Waals surface area contributed by atoms with Crippen LogP contribution >= 0.6 is 0 Å². The van der Waals surface area contributed by atoms with Gasteiger partial charge in [-0.2, -0.15) is 4.52 Å². The zero-order chi connectivity index (χ0) is 11.7. The quantitative estimate of drug-likeness (QED) is 0.769. The van der Waals surface area contributed by atoms with E-state index in [1.807, 2.05) is 0 Å². The Morgan fingerprint density at radius 3 is 2.88 bits per heavy atom. The molecule has 0 unspecified atom stereocenters. The first-order valence-corrected chi connectivity index (χ1v) is 5.87. The van der Waals surface area contributed by atoms with E-state index in [0.717, 1.165) is 31.5 Å². The summed E-state index contributed by atoms with van der Waals surface area (Å²) >= 11 is 0. The Hall–Kier alpha value is -1.76. The molecule has 0 bridgehead atoms. The average Bonchev–Trinajstić information content (AvgIpc) is 2.81. The van der Waals surface area contributed by atoms with Gasteiger partial charge < -0.3 is 11.1 Å². The number of rotatable bonds is 2. The van der Waals surface area contributed by atoms with Crippen LogP contribution in [-0.4, -0.2) is 37.1 Å². The molecule has 7 heteroatoms. The first-order chi connectivity index (χ1) is 8.33. The summed E-state index contributed by atoms with van der Waals surface area (Å²) in [6, 6.07) is 0.793. The maximum absolute atomic E-state index is 5.89. The predicted octanol–water partition coefficient (Wildman–Crippen LogP) is 0.201. The molecule has 0 amide bonds. The number of hydrogen-bond donors (Lipinski definition) is 2. The van der Waals surface area contributed by atoms with E-state index in [0.29, 0.717) is 17.7 Å². The lowest BCUT2D eigenvalue weighted by atomic mass is 9.92. The monoisotopic (exact) mass is 233 g/mol. The van der Waals surface area contributed by atoms with Gasteiger partial charge in [-0.05, 0) is 36.1 Å². The van der Waals surface area contributed by atoms with Crippen molar-refractivity contribution >= 4 is 11.5 Å². The number of nitrogens with one attached hydrogen (secondary N) is 1. The molecule has 1 saturated carbocycles. The molecule has 1 aliphatic carbocycles. The topological polar surface area (TPSA) is 94.0 Å². The average molecular weight is 233 g/mol. The second kappa shape index (κ2) is 4.25. The second-order valence-electron chi connectivity index (χ2n) is 4.50. The molecule has 17 heavy (non-hydrogen) atoms. The minimum atomic E-state index is 0.356. The van der Waals surface area contributed by atoms with Gasteiger partial charge in [-0.3, -0.25) is 4.98 Å². The molecule has 0 aliphatic heterocycles. The highest BCUT2D eigenvalue weighted by Crippen LogP contribution is 2.20. The van der Waals surface area contributed by atoms with Gasteiger partial charge in [0.2, 0.25) is 0 Å². The van der Waals surface area contributed by atoms with E-state index in [1.165, 1.54) is 0 Å². The molecule has 1 aliphatic rings. The van der Waals surface area contributed by atoms with Gasteiger partial charge in [0.15, 0.2) is 11.5 Å². The summed E-state index contributed by atoms with van der Waals surface area (Å²) in [5.74, 6) is 0.841. The summed E-state index contributed by atoms with van der Waals surface area (Å²) in [4.78, 5) is 4.11. The van der Waals surface area contributed by atoms with E-state index in [1.54, 1.807) is 16.9 Å². The van der Waals surface area contributed by atoms with E-state index in [9.17, 15) is 0 Å². The van der Waals surface area contributed by atoms with Crippen molar-refractivity contribution in [3.05, 3.63) is 12.4 Å². The fourth-order valence-corrected chi connectivity index (χ4v) is 2.25. The number of nitrogens with two attached hydrogens (primary N) is 1. The third-order valence-electron chi connectivity index (χ3n) is 3.23. The minimum absolute atomic E-state index is 0.356. The molecule has 2 heterocycles. The Bertz CT molecular complexity index is 500. The minimum Gasteiger partial charge on any atom is -0.366 e. The molecule has 2 aromatic heterocycles. The van der Waals surface area contributed by atoms with Crippen LogP contribution in [0.2, 0.25) is 0 Å². The van der Waals surface area contributed by atoms with Crippen molar-refractivity contribution in [1.82, 2.24) is 25.0 Å². The highest BCUT2D eigenvalue weighted by Gasteiger charge is 2.19. The molecule has 0 spiro atoms. The number of fused-ring (bicyclic) bond motifs is 1. The standard InChI is InChI=1S/C10H15N7/c11-7-1-3-8(4-2-7)13-9-5-12-6-10-14-15-16-17(9)10/h5-8,13H,1-4,11H2. The second-order valence-corrected chi connectivity index (χ2v) is 4.50. The maximum Gasteiger partial charge on any atom is 0.199 e. The van der Waals surface area contributed by atoms with Crippen LogP contribution in [0.15, 0.2) is 12.4 Å². The smallest absolute Gasteiger partial charge is 0.199 e. The zero-order valence-corrected chi connectivity index (χ0v) is 9.45. The highest BCUT2D eigenvalue weighted by molar-refractivity contribution is 5.44. The molecule has 0 atom stereocenters. The van der Waals surface area contributed by atoms with E-state index in [4.69, 9.17) is 5.73 Å². The van der Waals surface area contributed by atoms with Gasteiger partial charge in [0.05, 0.1) is 12.4 Å². The zero-order valence-electron chi connectivity index (χ0n) is 9.45. The molecular weight excluding hydrogens is 218 g/mol. The summed E-state index contributed by atoms with van der Waals surface area (Å²) in [5, 5.41) is 14.9. The third kappa shape index (κ3) is 2.05. The van der Waals surface area contributed by atoms with Gasteiger partial charge in [0.25, 0.3) is 0 Å². The SMILES string of the molecule is NC1CCC(Nc2cncc3nnnn23)CC1. The maximum atomic E-state index is 5.89. The Labute approximate surface area is 98.4 Å². The van der Waals surface area contributed by atoms with Crippen molar-refractivity contribution in [2.45, 2.75) is 37.8 Å². The molecule has 3 N–H and O–H groups in total. The van der Waals surface area contributed by atoms with Gasteiger partial charge in [-0.15, -0.1) is 5.10 Å². The summed E-state index contributed by atoms with van der Waals surface area (Å²) < 4.78 is 1.67. The third-order valence-corrected chi connectivity index (χ3v) is 3.23. The van der Waals surface area contributed by atoms with Crippen LogP contribution < -0.4 is 11.1 Å². The number of tetrazole rings is 1. The van der Waals surface area contributed by atoms with Crippen molar-refractivity contribution in [2.75, 3.05) is 5.32 Å². The normalized spacial score (nSPS) is 25.0. The van der Waals surface area contributed by atoms with Gasteiger partial charge in [0.1, 0.15) is 0 Å². The molecule has 2 aromatic rings. The molecule has 7 nitrogen and oxygen atoms in total. The Kier molecular flexibility index (Phi) is 2.60. The molecule has 0 aromatic carbocycles. The van der Waals surface area contributed by atoms with Gasteiger partial charge in [-0.25, -0.2) is 0 Å². The van der Waals surface area contributed by atoms with Crippen LogP contribution in [0, 0.1) is 0 Å². The number of aromatic nitrogens is 5. The lowest BCUT2D eigenvalue weighted by Crippen LogP contribution is -2.33. The summed E-state index contributed by atoms with van der Waals surface area (Å²) in [7, 11) is 0. The van der Waals surface area contributed by atoms with Gasteiger partial charge in [-0.1, -0.05) is 0 Å². The van der Waals surface area contributed by atoms with Gasteiger partial charge >= 0.3 is 0 Å². The fourth-order valence-electron chi connectivity index (χ4n) is 2.25.